The number of carbonyl (C=O) groups excluding carboxylic acids is 2. The highest BCUT2D eigenvalue weighted by Gasteiger charge is 2.28. The number of hydrogen-bond acceptors (Lipinski definition) is 4. The number of urea groups is 1. The Kier molecular flexibility index (Phi) is 6.91. The minimum atomic E-state index is -0.116. The van der Waals surface area contributed by atoms with Gasteiger partial charge < -0.3 is 19.9 Å². The second-order valence-electron chi connectivity index (χ2n) is 7.56. The van der Waals surface area contributed by atoms with Crippen LogP contribution in [0.2, 0.25) is 0 Å². The lowest BCUT2D eigenvalue weighted by atomic mass is 9.96. The molecule has 0 aromatic heterocycles. The Hall–Kier alpha value is -3.53. The summed E-state index contributed by atoms with van der Waals surface area (Å²) in [5, 5.41) is 11.9. The molecule has 1 heterocycles. The van der Waals surface area contributed by atoms with Gasteiger partial charge in [0, 0.05) is 44.9 Å². The molecule has 1 saturated heterocycles. The van der Waals surface area contributed by atoms with E-state index in [2.05, 4.69) is 11.4 Å². The molecule has 1 aliphatic rings. The van der Waals surface area contributed by atoms with Crippen molar-refractivity contribution in [1.29, 1.82) is 5.26 Å². The number of piperidine rings is 1. The Bertz CT molecular complexity index is 943. The first-order valence-electron chi connectivity index (χ1n) is 9.95. The molecule has 0 saturated carbocycles. The van der Waals surface area contributed by atoms with Gasteiger partial charge in [-0.25, -0.2) is 4.79 Å². The molecule has 2 aromatic carbocycles. The van der Waals surface area contributed by atoms with Gasteiger partial charge in [0.15, 0.2) is 0 Å². The second kappa shape index (κ2) is 9.79. The normalized spacial score (nSPS) is 14.0. The van der Waals surface area contributed by atoms with Crippen LogP contribution in [0.5, 0.6) is 5.75 Å². The molecule has 0 unspecified atom stereocenters. The minimum Gasteiger partial charge on any atom is -0.489 e. The maximum absolute atomic E-state index is 12.6. The summed E-state index contributed by atoms with van der Waals surface area (Å²) in [4.78, 5) is 28.0. The summed E-state index contributed by atoms with van der Waals surface area (Å²) in [7, 11) is 3.47. The molecule has 3 rings (SSSR count). The second-order valence-corrected chi connectivity index (χ2v) is 7.56. The molecule has 0 radical (unpaired) electrons. The molecule has 2 aromatic rings. The van der Waals surface area contributed by atoms with E-state index in [1.807, 2.05) is 30.3 Å². The van der Waals surface area contributed by atoms with Crippen LogP contribution in [0, 0.1) is 17.2 Å². The summed E-state index contributed by atoms with van der Waals surface area (Å²) in [5.74, 6) is 0.488. The average molecular weight is 406 g/mol. The Morgan fingerprint density at radius 3 is 2.60 bits per heavy atom. The average Bonchev–Trinajstić information content (AvgIpc) is 2.77. The molecule has 7 heteroatoms. The molecule has 0 bridgehead atoms. The number of anilines is 1. The molecule has 3 amide bonds. The molecule has 1 N–H and O–H groups in total. The monoisotopic (exact) mass is 406 g/mol. The molecule has 156 valence electrons. The molecule has 30 heavy (non-hydrogen) atoms. The first-order valence-corrected chi connectivity index (χ1v) is 9.95. The van der Waals surface area contributed by atoms with E-state index in [1.54, 1.807) is 42.1 Å². The number of amides is 3. The van der Waals surface area contributed by atoms with Crippen LogP contribution in [0.1, 0.15) is 24.0 Å². The van der Waals surface area contributed by atoms with Gasteiger partial charge in [0.2, 0.25) is 5.91 Å². The van der Waals surface area contributed by atoms with Gasteiger partial charge in [0.25, 0.3) is 0 Å². The number of likely N-dealkylation sites (tertiary alicyclic amines) is 1. The Balaban J connectivity index is 1.53. The fourth-order valence-electron chi connectivity index (χ4n) is 3.42. The zero-order chi connectivity index (χ0) is 21.5. The van der Waals surface area contributed by atoms with Crippen molar-refractivity contribution < 1.29 is 14.3 Å². The fraction of sp³-hybridized carbons (Fsp3) is 0.348. The number of carbonyl (C=O) groups is 2. The minimum absolute atomic E-state index is 0.0148. The molecular weight excluding hydrogens is 380 g/mol. The first-order chi connectivity index (χ1) is 14.5. The van der Waals surface area contributed by atoms with Gasteiger partial charge in [0.1, 0.15) is 12.4 Å². The summed E-state index contributed by atoms with van der Waals surface area (Å²) in [5.41, 5.74) is 2.17. The van der Waals surface area contributed by atoms with Crippen LogP contribution in [-0.2, 0) is 11.4 Å². The maximum atomic E-state index is 12.6. The van der Waals surface area contributed by atoms with E-state index in [9.17, 15) is 9.59 Å². The molecule has 1 aliphatic heterocycles. The molecule has 0 aliphatic carbocycles. The highest BCUT2D eigenvalue weighted by molar-refractivity contribution is 5.93. The first kappa shape index (κ1) is 21.2. The summed E-state index contributed by atoms with van der Waals surface area (Å²) < 4.78 is 5.81. The van der Waals surface area contributed by atoms with Gasteiger partial charge in [-0.1, -0.05) is 18.2 Å². The van der Waals surface area contributed by atoms with Gasteiger partial charge in [-0.2, -0.15) is 5.26 Å². The zero-order valence-electron chi connectivity index (χ0n) is 17.3. The third-order valence-electron chi connectivity index (χ3n) is 5.08. The van der Waals surface area contributed by atoms with E-state index in [-0.39, 0.29) is 17.9 Å². The van der Waals surface area contributed by atoms with Crippen LogP contribution in [0.3, 0.4) is 0 Å². The van der Waals surface area contributed by atoms with E-state index in [0.29, 0.717) is 49.5 Å². The van der Waals surface area contributed by atoms with Gasteiger partial charge in [-0.3, -0.25) is 4.79 Å². The predicted molar refractivity (Wildman–Crippen MR) is 114 cm³/mol. The van der Waals surface area contributed by atoms with Gasteiger partial charge in [-0.05, 0) is 42.7 Å². The molecule has 0 atom stereocenters. The number of rotatable bonds is 5. The van der Waals surface area contributed by atoms with Gasteiger partial charge in [-0.15, -0.1) is 0 Å². The lowest BCUT2D eigenvalue weighted by Gasteiger charge is -2.33. The number of ether oxygens (including phenoxy) is 1. The van der Waals surface area contributed by atoms with Crippen molar-refractivity contribution in [1.82, 2.24) is 9.80 Å². The van der Waals surface area contributed by atoms with Crippen molar-refractivity contribution in [2.45, 2.75) is 19.4 Å². The lowest BCUT2D eigenvalue weighted by molar-refractivity contribution is -0.121. The number of nitrogens with zero attached hydrogens (tertiary/aromatic N) is 3. The summed E-state index contributed by atoms with van der Waals surface area (Å²) in [6.45, 7) is 1.51. The smallest absolute Gasteiger partial charge is 0.319 e. The van der Waals surface area contributed by atoms with Crippen LogP contribution >= 0.6 is 0 Å². The Morgan fingerprint density at radius 2 is 1.90 bits per heavy atom. The van der Waals surface area contributed by atoms with Gasteiger partial charge >= 0.3 is 6.03 Å². The van der Waals surface area contributed by atoms with Crippen molar-refractivity contribution in [3.05, 3.63) is 59.7 Å². The van der Waals surface area contributed by atoms with Crippen molar-refractivity contribution >= 4 is 17.6 Å². The quantitative estimate of drug-likeness (QED) is 0.824. The molecular formula is C23H26N4O3. The van der Waals surface area contributed by atoms with Crippen LogP contribution in [-0.4, -0.2) is 48.9 Å². The Labute approximate surface area is 176 Å². The highest BCUT2D eigenvalue weighted by atomic mass is 16.5. The van der Waals surface area contributed by atoms with Crippen LogP contribution in [0.15, 0.2) is 48.5 Å². The number of hydrogen-bond donors (Lipinski definition) is 1. The summed E-state index contributed by atoms with van der Waals surface area (Å²) >= 11 is 0. The third kappa shape index (κ3) is 5.51. The summed E-state index contributed by atoms with van der Waals surface area (Å²) in [6.07, 6.45) is 1.30. The molecule has 0 spiro atoms. The van der Waals surface area contributed by atoms with Crippen molar-refractivity contribution in [2.24, 2.45) is 5.92 Å². The Morgan fingerprint density at radius 1 is 1.17 bits per heavy atom. The molecule has 7 nitrogen and oxygen atoms in total. The van der Waals surface area contributed by atoms with Crippen LogP contribution in [0.25, 0.3) is 0 Å². The van der Waals surface area contributed by atoms with E-state index in [4.69, 9.17) is 10.00 Å². The number of nitrogens with one attached hydrogen (secondary N) is 1. The maximum Gasteiger partial charge on any atom is 0.319 e. The van der Waals surface area contributed by atoms with Crippen molar-refractivity contribution in [2.75, 3.05) is 32.5 Å². The van der Waals surface area contributed by atoms with Crippen LogP contribution in [0.4, 0.5) is 10.5 Å². The largest absolute Gasteiger partial charge is 0.489 e. The number of benzene rings is 2. The zero-order valence-corrected chi connectivity index (χ0v) is 17.3. The standard InChI is InChI=1S/C23H26N4O3/c1-26(2)23(29)27-11-9-19(10-12-27)22(28)25-20-7-4-8-21(14-20)30-16-18-6-3-5-17(13-18)15-24/h3-8,13-14,19H,9-12,16H2,1-2H3,(H,25,28). The molecule has 1 fully saturated rings. The lowest BCUT2D eigenvalue weighted by Crippen LogP contribution is -2.45. The fourth-order valence-corrected chi connectivity index (χ4v) is 3.42. The van der Waals surface area contributed by atoms with Gasteiger partial charge in [0.05, 0.1) is 11.6 Å². The van der Waals surface area contributed by atoms with Crippen molar-refractivity contribution in [3.8, 4) is 11.8 Å². The SMILES string of the molecule is CN(C)C(=O)N1CCC(C(=O)Nc2cccc(OCc3cccc(C#N)c3)c2)CC1. The topological polar surface area (TPSA) is 85.7 Å². The van der Waals surface area contributed by atoms with Crippen LogP contribution < -0.4 is 10.1 Å². The van der Waals surface area contributed by atoms with E-state index >= 15 is 0 Å². The summed E-state index contributed by atoms with van der Waals surface area (Å²) in [6, 6.07) is 16.6. The van der Waals surface area contributed by atoms with Crippen molar-refractivity contribution in [3.63, 3.8) is 0 Å². The number of nitriles is 1. The third-order valence-corrected chi connectivity index (χ3v) is 5.08. The highest BCUT2D eigenvalue weighted by Crippen LogP contribution is 2.23. The van der Waals surface area contributed by atoms with E-state index < -0.39 is 0 Å². The predicted octanol–water partition coefficient (Wildman–Crippen LogP) is 3.47. The van der Waals surface area contributed by atoms with E-state index in [1.165, 1.54) is 0 Å². The van der Waals surface area contributed by atoms with E-state index in [0.717, 1.165) is 5.56 Å².